The van der Waals surface area contributed by atoms with E-state index in [4.69, 9.17) is 10.5 Å². The molecule has 1 amide bonds. The van der Waals surface area contributed by atoms with Crippen LogP contribution in [0, 0.1) is 10.1 Å². The molecule has 128 valence electrons. The van der Waals surface area contributed by atoms with Gasteiger partial charge in [0.25, 0.3) is 5.69 Å². The molecule has 1 aromatic carbocycles. The summed E-state index contributed by atoms with van der Waals surface area (Å²) in [6.45, 7) is 4.82. The van der Waals surface area contributed by atoms with E-state index in [0.29, 0.717) is 0 Å². The normalized spacial score (nSPS) is 14.0. The maximum atomic E-state index is 11.5. The van der Waals surface area contributed by atoms with Crippen LogP contribution >= 0.6 is 0 Å². The smallest absolute Gasteiger partial charge is 0.407 e. The minimum absolute atomic E-state index is 0.126. The van der Waals surface area contributed by atoms with Gasteiger partial charge >= 0.3 is 6.09 Å². The average Bonchev–Trinajstić information content (AvgIpc) is 2.41. The number of carbonyl (C=O) groups excluding carboxylic acids is 1. The van der Waals surface area contributed by atoms with Gasteiger partial charge in [-0.3, -0.25) is 10.1 Å². The van der Waals surface area contributed by atoms with Crippen LogP contribution in [-0.4, -0.2) is 39.5 Å². The maximum Gasteiger partial charge on any atom is 0.407 e. The molecule has 0 heterocycles. The number of ether oxygens (including phenoxy) is 1. The molecule has 1 aromatic rings. The van der Waals surface area contributed by atoms with Crippen LogP contribution in [0.25, 0.3) is 0 Å². The molecule has 9 heteroatoms. The number of aliphatic hydroxyl groups excluding tert-OH is 2. The maximum absolute atomic E-state index is 11.5. The van der Waals surface area contributed by atoms with Crippen LogP contribution in [0.1, 0.15) is 32.4 Å². The predicted molar refractivity (Wildman–Crippen MR) is 82.7 cm³/mol. The minimum atomic E-state index is -1.37. The molecule has 0 radical (unpaired) electrons. The van der Waals surface area contributed by atoms with Gasteiger partial charge in [-0.25, -0.2) is 4.79 Å². The van der Waals surface area contributed by atoms with Crippen molar-refractivity contribution in [3.8, 4) is 0 Å². The third-order valence-corrected chi connectivity index (χ3v) is 2.81. The summed E-state index contributed by atoms with van der Waals surface area (Å²) >= 11 is 0. The number of benzene rings is 1. The van der Waals surface area contributed by atoms with Crippen LogP contribution in [0.4, 0.5) is 16.2 Å². The molecule has 0 bridgehead atoms. The monoisotopic (exact) mass is 327 g/mol. The fourth-order valence-corrected chi connectivity index (χ4v) is 1.76. The van der Waals surface area contributed by atoms with Crippen molar-refractivity contribution >= 4 is 17.5 Å². The van der Waals surface area contributed by atoms with Gasteiger partial charge in [0.15, 0.2) is 0 Å². The lowest BCUT2D eigenvalue weighted by molar-refractivity contribution is -0.383. The summed E-state index contributed by atoms with van der Waals surface area (Å²) < 4.78 is 5.00. The fraction of sp³-hybridized carbons (Fsp3) is 0.500. The number of nitro groups is 1. The molecule has 2 atom stereocenters. The first-order chi connectivity index (χ1) is 10.5. The van der Waals surface area contributed by atoms with Crippen molar-refractivity contribution in [2.75, 3.05) is 12.3 Å². The summed E-state index contributed by atoms with van der Waals surface area (Å²) in [5.41, 5.74) is 4.63. The minimum Gasteiger partial charge on any atom is -0.444 e. The van der Waals surface area contributed by atoms with Crippen molar-refractivity contribution in [2.24, 2.45) is 0 Å². The molecule has 0 aliphatic carbocycles. The van der Waals surface area contributed by atoms with Gasteiger partial charge in [-0.05, 0) is 38.5 Å². The predicted octanol–water partition coefficient (Wildman–Crippen LogP) is 1.10. The van der Waals surface area contributed by atoms with Crippen molar-refractivity contribution < 1.29 is 24.7 Å². The van der Waals surface area contributed by atoms with E-state index in [9.17, 15) is 25.1 Å². The molecule has 9 nitrogen and oxygen atoms in total. The molecule has 23 heavy (non-hydrogen) atoms. The first-order valence-electron chi connectivity index (χ1n) is 6.88. The van der Waals surface area contributed by atoms with E-state index in [1.807, 2.05) is 0 Å². The zero-order valence-electron chi connectivity index (χ0n) is 13.1. The van der Waals surface area contributed by atoms with Gasteiger partial charge in [0.2, 0.25) is 0 Å². The highest BCUT2D eigenvalue weighted by atomic mass is 16.6. The first kappa shape index (κ1) is 18.7. The number of nitro benzene ring substituents is 1. The largest absolute Gasteiger partial charge is 0.444 e. The number of carbonyl (C=O) groups is 1. The third kappa shape index (κ3) is 5.72. The van der Waals surface area contributed by atoms with E-state index in [-0.39, 0.29) is 23.5 Å². The Bertz CT molecular complexity index is 584. The molecule has 5 N–H and O–H groups in total. The second-order valence-corrected chi connectivity index (χ2v) is 5.97. The zero-order chi connectivity index (χ0) is 17.8. The second kappa shape index (κ2) is 7.25. The Balaban J connectivity index is 2.66. The zero-order valence-corrected chi connectivity index (χ0v) is 13.1. The number of alkyl carbamates (subject to hydrolysis) is 1. The van der Waals surface area contributed by atoms with Crippen molar-refractivity contribution in [3.05, 3.63) is 33.9 Å². The van der Waals surface area contributed by atoms with Gasteiger partial charge in [-0.15, -0.1) is 0 Å². The third-order valence-electron chi connectivity index (χ3n) is 2.81. The summed E-state index contributed by atoms with van der Waals surface area (Å²) in [6, 6.07) is 3.64. The van der Waals surface area contributed by atoms with Gasteiger partial charge in [-0.2, -0.15) is 0 Å². The molecule has 0 saturated heterocycles. The van der Waals surface area contributed by atoms with Crippen molar-refractivity contribution in [2.45, 2.75) is 38.6 Å². The highest BCUT2D eigenvalue weighted by Gasteiger charge is 2.23. The molecule has 0 spiro atoms. The van der Waals surface area contributed by atoms with Crippen LogP contribution in [0.2, 0.25) is 0 Å². The van der Waals surface area contributed by atoms with Gasteiger partial charge in [0, 0.05) is 12.6 Å². The lowest BCUT2D eigenvalue weighted by Crippen LogP contribution is -2.38. The number of nitrogen functional groups attached to an aromatic ring is 1. The number of hydrogen-bond acceptors (Lipinski definition) is 7. The van der Waals surface area contributed by atoms with Crippen LogP contribution in [-0.2, 0) is 4.74 Å². The first-order valence-corrected chi connectivity index (χ1v) is 6.88. The molecule has 0 aliphatic heterocycles. The Kier molecular flexibility index (Phi) is 5.88. The number of anilines is 1. The number of rotatable bonds is 5. The summed E-state index contributed by atoms with van der Waals surface area (Å²) in [4.78, 5) is 21.5. The Labute approximate surface area is 133 Å². The topological polar surface area (TPSA) is 148 Å². The Morgan fingerprint density at radius 3 is 2.52 bits per heavy atom. The SMILES string of the molecule is CC(C)(C)OC(=O)NCC(O)C(O)c1ccc([N+](=O)[O-])c(N)c1. The lowest BCUT2D eigenvalue weighted by Gasteiger charge is -2.22. The standard InChI is InChI=1S/C14H21N3O6/c1-14(2,3)23-13(20)16-7-11(18)12(19)8-4-5-10(17(21)22)9(15)6-8/h4-6,11-12,18-19H,7,15H2,1-3H3,(H,16,20). The molecular formula is C14H21N3O6. The average molecular weight is 327 g/mol. The van der Waals surface area contributed by atoms with E-state index in [1.165, 1.54) is 12.1 Å². The van der Waals surface area contributed by atoms with E-state index in [2.05, 4.69) is 5.32 Å². The number of nitrogens with one attached hydrogen (secondary N) is 1. The quantitative estimate of drug-likeness (QED) is 0.359. The van der Waals surface area contributed by atoms with Gasteiger partial charge in [-0.1, -0.05) is 0 Å². The number of nitrogens with zero attached hydrogens (tertiary/aromatic N) is 1. The summed E-state index contributed by atoms with van der Waals surface area (Å²) in [5, 5.41) is 32.9. The number of amides is 1. The molecular weight excluding hydrogens is 306 g/mol. The number of nitrogens with two attached hydrogens (primary N) is 1. The number of aliphatic hydroxyl groups is 2. The lowest BCUT2D eigenvalue weighted by atomic mass is 10.0. The summed E-state index contributed by atoms with van der Waals surface area (Å²) in [6.07, 6.45) is -3.43. The molecule has 0 aliphatic rings. The van der Waals surface area contributed by atoms with Crippen LogP contribution in [0.15, 0.2) is 18.2 Å². The molecule has 1 rings (SSSR count). The van der Waals surface area contributed by atoms with Gasteiger partial charge < -0.3 is 26.0 Å². The molecule has 2 unspecified atom stereocenters. The summed E-state index contributed by atoms with van der Waals surface area (Å²) in [5.74, 6) is 0. The highest BCUT2D eigenvalue weighted by molar-refractivity contribution is 5.67. The summed E-state index contributed by atoms with van der Waals surface area (Å²) in [7, 11) is 0. The molecule has 0 fully saturated rings. The van der Waals surface area contributed by atoms with Crippen molar-refractivity contribution in [1.29, 1.82) is 0 Å². The fourth-order valence-electron chi connectivity index (χ4n) is 1.76. The van der Waals surface area contributed by atoms with E-state index in [1.54, 1.807) is 20.8 Å². The van der Waals surface area contributed by atoms with Crippen LogP contribution in [0.3, 0.4) is 0 Å². The molecule has 0 aromatic heterocycles. The van der Waals surface area contributed by atoms with E-state index < -0.39 is 28.8 Å². The second-order valence-electron chi connectivity index (χ2n) is 5.97. The highest BCUT2D eigenvalue weighted by Crippen LogP contribution is 2.26. The Morgan fingerprint density at radius 2 is 2.04 bits per heavy atom. The number of hydrogen-bond donors (Lipinski definition) is 4. The van der Waals surface area contributed by atoms with Gasteiger partial charge in [0.05, 0.1) is 4.92 Å². The Morgan fingerprint density at radius 1 is 1.43 bits per heavy atom. The van der Waals surface area contributed by atoms with Crippen molar-refractivity contribution in [1.82, 2.24) is 5.32 Å². The van der Waals surface area contributed by atoms with Crippen LogP contribution < -0.4 is 11.1 Å². The van der Waals surface area contributed by atoms with Gasteiger partial charge in [0.1, 0.15) is 23.5 Å². The van der Waals surface area contributed by atoms with Crippen LogP contribution in [0.5, 0.6) is 0 Å². The Hall–Kier alpha value is -2.39. The van der Waals surface area contributed by atoms with E-state index >= 15 is 0 Å². The van der Waals surface area contributed by atoms with E-state index in [0.717, 1.165) is 6.07 Å². The molecule has 0 saturated carbocycles. The van der Waals surface area contributed by atoms with Crippen molar-refractivity contribution in [3.63, 3.8) is 0 Å².